The maximum atomic E-state index is 8.95. The maximum absolute atomic E-state index is 8.95. The monoisotopic (exact) mass is 276 g/mol. The molecule has 1 heterocycles. The molecule has 0 bridgehead atoms. The normalized spacial score (nSPS) is 15.0. The molecule has 0 saturated carbocycles. The van der Waals surface area contributed by atoms with Crippen LogP contribution in [0.1, 0.15) is 27.8 Å². The van der Waals surface area contributed by atoms with E-state index in [0.717, 1.165) is 38.0 Å². The van der Waals surface area contributed by atoms with Gasteiger partial charge in [0.2, 0.25) is 0 Å². The Morgan fingerprint density at radius 2 is 1.71 bits per heavy atom. The summed E-state index contributed by atoms with van der Waals surface area (Å²) < 4.78 is 0. The Hall–Kier alpha value is -2.11. The van der Waals surface area contributed by atoms with Crippen molar-refractivity contribution < 1.29 is 0 Å². The second kappa shape index (κ2) is 6.11. The Labute approximate surface area is 126 Å². The Balaban J connectivity index is 1.71. The molecule has 3 rings (SSSR count). The zero-order chi connectivity index (χ0) is 14.7. The summed E-state index contributed by atoms with van der Waals surface area (Å²) in [5.74, 6) is 0. The van der Waals surface area contributed by atoms with E-state index in [2.05, 4.69) is 48.2 Å². The minimum atomic E-state index is 0.750. The van der Waals surface area contributed by atoms with Gasteiger partial charge in [-0.25, -0.2) is 0 Å². The minimum absolute atomic E-state index is 0.750. The standard InChI is InChI=1S/C19H20N2/c1-15-12-16(13-20)6-7-19(15)14-21-10-8-17-4-2-3-5-18(17)9-11-21/h2-7,12H,8-11,14H2,1H3. The summed E-state index contributed by atoms with van der Waals surface area (Å²) in [6.45, 7) is 5.29. The van der Waals surface area contributed by atoms with Crippen molar-refractivity contribution in [3.8, 4) is 6.07 Å². The van der Waals surface area contributed by atoms with Gasteiger partial charge in [-0.15, -0.1) is 0 Å². The molecule has 0 spiro atoms. The van der Waals surface area contributed by atoms with Crippen LogP contribution in [-0.2, 0) is 19.4 Å². The molecule has 21 heavy (non-hydrogen) atoms. The van der Waals surface area contributed by atoms with Crippen LogP contribution in [0.3, 0.4) is 0 Å². The van der Waals surface area contributed by atoms with E-state index in [1.54, 1.807) is 0 Å². The van der Waals surface area contributed by atoms with Crippen molar-refractivity contribution in [3.05, 3.63) is 70.3 Å². The molecule has 2 aromatic rings. The van der Waals surface area contributed by atoms with E-state index in [4.69, 9.17) is 5.26 Å². The summed E-state index contributed by atoms with van der Waals surface area (Å²) in [4.78, 5) is 2.52. The molecule has 0 aliphatic carbocycles. The number of nitrogens with zero attached hydrogens (tertiary/aromatic N) is 2. The quantitative estimate of drug-likeness (QED) is 0.840. The average Bonchev–Trinajstić information content (AvgIpc) is 2.72. The van der Waals surface area contributed by atoms with Gasteiger partial charge in [-0.2, -0.15) is 5.26 Å². The van der Waals surface area contributed by atoms with Gasteiger partial charge in [-0.05, 0) is 54.2 Å². The number of benzene rings is 2. The summed E-state index contributed by atoms with van der Waals surface area (Å²) in [5.41, 5.74) is 6.29. The molecular formula is C19H20N2. The van der Waals surface area contributed by atoms with Gasteiger partial charge < -0.3 is 0 Å². The van der Waals surface area contributed by atoms with E-state index < -0.39 is 0 Å². The van der Waals surface area contributed by atoms with Crippen molar-refractivity contribution >= 4 is 0 Å². The van der Waals surface area contributed by atoms with Crippen LogP contribution in [-0.4, -0.2) is 18.0 Å². The van der Waals surface area contributed by atoms with Crippen molar-refractivity contribution in [3.63, 3.8) is 0 Å². The molecule has 0 saturated heterocycles. The summed E-state index contributed by atoms with van der Waals surface area (Å²) in [5, 5.41) is 8.95. The Morgan fingerprint density at radius 1 is 1.05 bits per heavy atom. The number of hydrogen-bond acceptors (Lipinski definition) is 2. The molecule has 0 atom stereocenters. The van der Waals surface area contributed by atoms with Crippen molar-refractivity contribution in [2.45, 2.75) is 26.3 Å². The van der Waals surface area contributed by atoms with E-state index in [9.17, 15) is 0 Å². The Bertz CT molecular complexity index is 655. The van der Waals surface area contributed by atoms with Gasteiger partial charge in [0.1, 0.15) is 0 Å². The van der Waals surface area contributed by atoms with E-state index in [0.29, 0.717) is 0 Å². The molecular weight excluding hydrogens is 256 g/mol. The lowest BCUT2D eigenvalue weighted by Crippen LogP contribution is -2.26. The molecule has 106 valence electrons. The number of rotatable bonds is 2. The van der Waals surface area contributed by atoms with Crippen LogP contribution in [0.15, 0.2) is 42.5 Å². The first-order chi connectivity index (χ1) is 10.3. The van der Waals surface area contributed by atoms with Crippen molar-refractivity contribution in [2.75, 3.05) is 13.1 Å². The van der Waals surface area contributed by atoms with Crippen LogP contribution in [0, 0.1) is 18.3 Å². The lowest BCUT2D eigenvalue weighted by molar-refractivity contribution is 0.279. The molecule has 2 aromatic carbocycles. The fraction of sp³-hybridized carbons (Fsp3) is 0.316. The highest BCUT2D eigenvalue weighted by Crippen LogP contribution is 2.18. The van der Waals surface area contributed by atoms with Crippen molar-refractivity contribution in [1.82, 2.24) is 4.90 Å². The number of nitriles is 1. The lowest BCUT2D eigenvalue weighted by Gasteiger charge is -2.21. The first kappa shape index (κ1) is 13.9. The van der Waals surface area contributed by atoms with Gasteiger partial charge in [0.25, 0.3) is 0 Å². The Kier molecular flexibility index (Phi) is 4.03. The number of fused-ring (bicyclic) bond motifs is 1. The average molecular weight is 276 g/mol. The third-order valence-electron chi connectivity index (χ3n) is 4.38. The summed E-state index contributed by atoms with van der Waals surface area (Å²) in [6, 6.07) is 17.0. The first-order valence-corrected chi connectivity index (χ1v) is 7.55. The van der Waals surface area contributed by atoms with E-state index in [1.165, 1.54) is 22.3 Å². The third-order valence-corrected chi connectivity index (χ3v) is 4.38. The zero-order valence-electron chi connectivity index (χ0n) is 12.5. The molecule has 2 nitrogen and oxygen atoms in total. The highest BCUT2D eigenvalue weighted by molar-refractivity contribution is 5.37. The molecule has 1 aliphatic heterocycles. The second-order valence-electron chi connectivity index (χ2n) is 5.80. The molecule has 0 radical (unpaired) electrons. The van der Waals surface area contributed by atoms with Crippen LogP contribution in [0.5, 0.6) is 0 Å². The molecule has 0 fully saturated rings. The van der Waals surface area contributed by atoms with Crippen molar-refractivity contribution in [2.24, 2.45) is 0 Å². The number of aryl methyl sites for hydroxylation is 1. The summed E-state index contributed by atoms with van der Waals surface area (Å²) >= 11 is 0. The molecule has 0 N–H and O–H groups in total. The van der Waals surface area contributed by atoms with Gasteiger partial charge in [0, 0.05) is 19.6 Å². The lowest BCUT2D eigenvalue weighted by atomic mass is 10.0. The largest absolute Gasteiger partial charge is 0.298 e. The van der Waals surface area contributed by atoms with E-state index >= 15 is 0 Å². The maximum Gasteiger partial charge on any atom is 0.0991 e. The van der Waals surface area contributed by atoms with Gasteiger partial charge >= 0.3 is 0 Å². The predicted molar refractivity (Wildman–Crippen MR) is 85.0 cm³/mol. The molecule has 2 heteroatoms. The summed E-state index contributed by atoms with van der Waals surface area (Å²) in [6.07, 6.45) is 2.26. The van der Waals surface area contributed by atoms with E-state index in [1.807, 2.05) is 12.1 Å². The van der Waals surface area contributed by atoms with Crippen molar-refractivity contribution in [1.29, 1.82) is 5.26 Å². The van der Waals surface area contributed by atoms with Gasteiger partial charge in [0.15, 0.2) is 0 Å². The van der Waals surface area contributed by atoms with Crippen LogP contribution in [0.25, 0.3) is 0 Å². The van der Waals surface area contributed by atoms with Crippen LogP contribution in [0.4, 0.5) is 0 Å². The molecule has 0 aromatic heterocycles. The predicted octanol–water partition coefficient (Wildman–Crippen LogP) is 3.47. The van der Waals surface area contributed by atoms with Crippen LogP contribution < -0.4 is 0 Å². The van der Waals surface area contributed by atoms with Crippen LogP contribution in [0.2, 0.25) is 0 Å². The fourth-order valence-electron chi connectivity index (χ4n) is 3.06. The van der Waals surface area contributed by atoms with Gasteiger partial charge in [-0.3, -0.25) is 4.90 Å². The summed E-state index contributed by atoms with van der Waals surface area (Å²) in [7, 11) is 0. The highest BCUT2D eigenvalue weighted by atomic mass is 15.1. The van der Waals surface area contributed by atoms with Crippen LogP contribution >= 0.6 is 0 Å². The number of hydrogen-bond donors (Lipinski definition) is 0. The second-order valence-corrected chi connectivity index (χ2v) is 5.80. The van der Waals surface area contributed by atoms with Gasteiger partial charge in [-0.1, -0.05) is 30.3 Å². The zero-order valence-corrected chi connectivity index (χ0v) is 12.5. The fourth-order valence-corrected chi connectivity index (χ4v) is 3.06. The smallest absolute Gasteiger partial charge is 0.0991 e. The Morgan fingerprint density at radius 3 is 2.29 bits per heavy atom. The SMILES string of the molecule is Cc1cc(C#N)ccc1CN1CCc2ccccc2CC1. The highest BCUT2D eigenvalue weighted by Gasteiger charge is 2.14. The van der Waals surface area contributed by atoms with Gasteiger partial charge in [0.05, 0.1) is 11.6 Å². The molecule has 0 amide bonds. The third kappa shape index (κ3) is 3.15. The molecule has 0 unspecified atom stereocenters. The topological polar surface area (TPSA) is 27.0 Å². The molecule has 1 aliphatic rings. The minimum Gasteiger partial charge on any atom is -0.298 e. The first-order valence-electron chi connectivity index (χ1n) is 7.55. The van der Waals surface area contributed by atoms with E-state index in [-0.39, 0.29) is 0 Å².